The molecule has 0 saturated carbocycles. The van der Waals surface area contributed by atoms with Gasteiger partial charge in [0.1, 0.15) is 0 Å². The number of carbonyl (C=O) groups excluding carboxylic acids is 1. The summed E-state index contributed by atoms with van der Waals surface area (Å²) in [6, 6.07) is 0. The Kier molecular flexibility index (Phi) is 19.8. The minimum absolute atomic E-state index is 0.0643. The molecule has 0 radical (unpaired) electrons. The molecule has 0 amide bonds. The Balaban J connectivity index is 3.25. The van der Waals surface area contributed by atoms with Crippen molar-refractivity contribution in [3.63, 3.8) is 0 Å². The van der Waals surface area contributed by atoms with E-state index < -0.39 is 0 Å². The van der Waals surface area contributed by atoms with Gasteiger partial charge in [-0.05, 0) is 32.1 Å². The highest BCUT2D eigenvalue weighted by molar-refractivity contribution is 5.69. The zero-order chi connectivity index (χ0) is 19.3. The summed E-state index contributed by atoms with van der Waals surface area (Å²) in [6.07, 6.45) is 21.8. The largest absolute Gasteiger partial charge is 0.465 e. The van der Waals surface area contributed by atoms with Crippen LogP contribution in [0.4, 0.5) is 0 Å². The zero-order valence-electron chi connectivity index (χ0n) is 17.8. The maximum Gasteiger partial charge on any atom is 0.305 e. The van der Waals surface area contributed by atoms with Crippen LogP contribution >= 0.6 is 0 Å². The summed E-state index contributed by atoms with van der Waals surface area (Å²) in [6.45, 7) is 5.40. The molecule has 0 bridgehead atoms. The van der Waals surface area contributed by atoms with E-state index in [4.69, 9.17) is 9.47 Å². The van der Waals surface area contributed by atoms with Gasteiger partial charge in [0.2, 0.25) is 0 Å². The molecule has 0 heterocycles. The molecule has 154 valence electrons. The van der Waals surface area contributed by atoms with Crippen molar-refractivity contribution >= 4 is 5.97 Å². The van der Waals surface area contributed by atoms with Crippen molar-refractivity contribution in [3.05, 3.63) is 12.2 Å². The van der Waals surface area contributed by atoms with Crippen LogP contribution in [0, 0.1) is 5.92 Å². The van der Waals surface area contributed by atoms with Crippen LogP contribution in [0.25, 0.3) is 0 Å². The van der Waals surface area contributed by atoms with Gasteiger partial charge in [0, 0.05) is 19.4 Å². The molecule has 0 N–H and O–H groups in total. The molecule has 26 heavy (non-hydrogen) atoms. The van der Waals surface area contributed by atoms with E-state index in [1.165, 1.54) is 70.6 Å². The van der Waals surface area contributed by atoms with Gasteiger partial charge in [-0.3, -0.25) is 4.79 Å². The monoisotopic (exact) mass is 368 g/mol. The van der Waals surface area contributed by atoms with Gasteiger partial charge in [0.25, 0.3) is 0 Å². The fourth-order valence-corrected chi connectivity index (χ4v) is 2.98. The summed E-state index contributed by atoms with van der Waals surface area (Å²) in [5.41, 5.74) is 0. The quantitative estimate of drug-likeness (QED) is 0.142. The van der Waals surface area contributed by atoms with Crippen LogP contribution in [-0.2, 0) is 14.3 Å². The van der Waals surface area contributed by atoms with Crippen molar-refractivity contribution in [3.8, 4) is 0 Å². The minimum atomic E-state index is -0.0643. The Morgan fingerprint density at radius 1 is 0.808 bits per heavy atom. The van der Waals surface area contributed by atoms with E-state index in [1.54, 1.807) is 7.11 Å². The van der Waals surface area contributed by atoms with Gasteiger partial charge < -0.3 is 9.47 Å². The van der Waals surface area contributed by atoms with Gasteiger partial charge in [-0.25, -0.2) is 0 Å². The van der Waals surface area contributed by atoms with Crippen LogP contribution in [0.15, 0.2) is 12.2 Å². The smallest absolute Gasteiger partial charge is 0.305 e. The molecule has 1 atom stereocenters. The Morgan fingerprint density at radius 3 is 1.92 bits per heavy atom. The number of allylic oxidation sites excluding steroid dienone is 2. The number of carbonyl (C=O) groups is 1. The number of rotatable bonds is 19. The van der Waals surface area contributed by atoms with Crippen LogP contribution in [-0.4, -0.2) is 26.3 Å². The Morgan fingerprint density at radius 2 is 1.35 bits per heavy atom. The van der Waals surface area contributed by atoms with Crippen molar-refractivity contribution in [2.24, 2.45) is 5.92 Å². The summed E-state index contributed by atoms with van der Waals surface area (Å²) >= 11 is 0. The summed E-state index contributed by atoms with van der Waals surface area (Å²) in [7, 11) is 1.67. The maximum absolute atomic E-state index is 11.6. The molecular weight excluding hydrogens is 324 g/mol. The number of hydrogen-bond donors (Lipinski definition) is 0. The Hall–Kier alpha value is -0.830. The van der Waals surface area contributed by atoms with Gasteiger partial charge in [0.15, 0.2) is 0 Å². The number of esters is 1. The van der Waals surface area contributed by atoms with E-state index in [9.17, 15) is 4.79 Å². The first-order valence-electron chi connectivity index (χ1n) is 11.0. The van der Waals surface area contributed by atoms with Crippen molar-refractivity contribution in [1.29, 1.82) is 0 Å². The standard InChI is InChI=1S/C23H44O3/c1-4-5-6-7-8-9-10-11-12-13-14-15-16-17-18-19-23(24)26-21-22(2)20-25-3/h11-12,22H,4-10,13-21H2,1-3H3/b12-11-. The highest BCUT2D eigenvalue weighted by Gasteiger charge is 2.06. The lowest BCUT2D eigenvalue weighted by Gasteiger charge is -2.10. The fourth-order valence-electron chi connectivity index (χ4n) is 2.98. The lowest BCUT2D eigenvalue weighted by Crippen LogP contribution is -2.15. The Labute approximate surface area is 162 Å². The second kappa shape index (κ2) is 20.5. The van der Waals surface area contributed by atoms with Crippen LogP contribution in [0.3, 0.4) is 0 Å². The fraction of sp³-hybridized carbons (Fsp3) is 0.870. The third-order valence-corrected chi connectivity index (χ3v) is 4.62. The van der Waals surface area contributed by atoms with E-state index in [-0.39, 0.29) is 11.9 Å². The van der Waals surface area contributed by atoms with Crippen LogP contribution < -0.4 is 0 Å². The Bertz CT molecular complexity index is 325. The topological polar surface area (TPSA) is 35.5 Å². The molecule has 0 aliphatic carbocycles. The third-order valence-electron chi connectivity index (χ3n) is 4.62. The van der Waals surface area contributed by atoms with E-state index in [2.05, 4.69) is 19.1 Å². The minimum Gasteiger partial charge on any atom is -0.465 e. The second-order valence-electron chi connectivity index (χ2n) is 7.58. The van der Waals surface area contributed by atoms with Gasteiger partial charge in [-0.15, -0.1) is 0 Å². The predicted molar refractivity (Wildman–Crippen MR) is 111 cm³/mol. The molecule has 0 aliphatic heterocycles. The molecule has 1 unspecified atom stereocenters. The maximum atomic E-state index is 11.6. The first-order valence-corrected chi connectivity index (χ1v) is 11.0. The number of hydrogen-bond acceptors (Lipinski definition) is 3. The van der Waals surface area contributed by atoms with Crippen molar-refractivity contribution in [2.45, 2.75) is 104 Å². The molecule has 0 saturated heterocycles. The number of methoxy groups -OCH3 is 1. The summed E-state index contributed by atoms with van der Waals surface area (Å²) in [4.78, 5) is 11.6. The van der Waals surface area contributed by atoms with Gasteiger partial charge >= 0.3 is 5.97 Å². The summed E-state index contributed by atoms with van der Waals surface area (Å²) in [5, 5.41) is 0. The predicted octanol–water partition coefficient (Wildman–Crippen LogP) is 6.85. The molecule has 3 nitrogen and oxygen atoms in total. The summed E-state index contributed by atoms with van der Waals surface area (Å²) < 4.78 is 10.3. The van der Waals surface area contributed by atoms with Crippen LogP contribution in [0.2, 0.25) is 0 Å². The third kappa shape index (κ3) is 19.5. The highest BCUT2D eigenvalue weighted by atomic mass is 16.5. The highest BCUT2D eigenvalue weighted by Crippen LogP contribution is 2.10. The van der Waals surface area contributed by atoms with Crippen molar-refractivity contribution in [1.82, 2.24) is 0 Å². The van der Waals surface area contributed by atoms with Gasteiger partial charge in [0.05, 0.1) is 13.2 Å². The van der Waals surface area contributed by atoms with E-state index in [0.717, 1.165) is 12.8 Å². The summed E-state index contributed by atoms with van der Waals surface area (Å²) in [5.74, 6) is 0.212. The van der Waals surface area contributed by atoms with E-state index in [0.29, 0.717) is 19.6 Å². The lowest BCUT2D eigenvalue weighted by molar-refractivity contribution is -0.145. The molecule has 0 aliphatic rings. The van der Waals surface area contributed by atoms with Crippen molar-refractivity contribution in [2.75, 3.05) is 20.3 Å². The number of ether oxygens (including phenoxy) is 2. The average Bonchev–Trinajstić information content (AvgIpc) is 2.63. The normalized spacial score (nSPS) is 12.6. The van der Waals surface area contributed by atoms with Crippen molar-refractivity contribution < 1.29 is 14.3 Å². The SMILES string of the molecule is CCCCCCCC/C=C\CCCCCCCC(=O)OCC(C)COC. The van der Waals surface area contributed by atoms with Gasteiger partial charge in [-0.2, -0.15) is 0 Å². The molecule has 0 rings (SSSR count). The molecule has 0 aromatic rings. The van der Waals surface area contributed by atoms with Crippen LogP contribution in [0.5, 0.6) is 0 Å². The first kappa shape index (κ1) is 25.2. The van der Waals surface area contributed by atoms with Gasteiger partial charge in [-0.1, -0.05) is 77.4 Å². The molecular formula is C23H44O3. The molecule has 3 heteroatoms. The second-order valence-corrected chi connectivity index (χ2v) is 7.58. The molecule has 0 fully saturated rings. The molecule has 0 aromatic carbocycles. The van der Waals surface area contributed by atoms with Crippen LogP contribution in [0.1, 0.15) is 104 Å². The first-order chi connectivity index (χ1) is 12.7. The zero-order valence-corrected chi connectivity index (χ0v) is 17.8. The van der Waals surface area contributed by atoms with E-state index in [1.807, 2.05) is 6.92 Å². The van der Waals surface area contributed by atoms with E-state index >= 15 is 0 Å². The molecule has 0 aromatic heterocycles. The lowest BCUT2D eigenvalue weighted by atomic mass is 10.1. The average molecular weight is 369 g/mol. The molecule has 0 spiro atoms. The number of unbranched alkanes of at least 4 members (excludes halogenated alkanes) is 11.